The van der Waals surface area contributed by atoms with Crippen LogP contribution in [0.25, 0.3) is 0 Å². The van der Waals surface area contributed by atoms with E-state index in [9.17, 15) is 4.79 Å². The normalized spacial score (nSPS) is 10.4. The molecule has 134 valence electrons. The van der Waals surface area contributed by atoms with Crippen LogP contribution in [0, 0.1) is 0 Å². The Bertz CT molecular complexity index is 841. The summed E-state index contributed by atoms with van der Waals surface area (Å²) in [7, 11) is 3.85. The lowest BCUT2D eigenvalue weighted by Crippen LogP contribution is -2.18. The second kappa shape index (κ2) is 8.20. The first-order chi connectivity index (χ1) is 12.6. The van der Waals surface area contributed by atoms with Crippen molar-refractivity contribution in [1.82, 2.24) is 9.78 Å². The highest BCUT2D eigenvalue weighted by Crippen LogP contribution is 2.20. The van der Waals surface area contributed by atoms with E-state index in [0.717, 1.165) is 30.2 Å². The van der Waals surface area contributed by atoms with E-state index in [1.54, 1.807) is 6.20 Å². The van der Waals surface area contributed by atoms with E-state index in [1.807, 2.05) is 84.5 Å². The molecule has 1 aromatic heterocycles. The minimum absolute atomic E-state index is 0.117. The second-order valence-corrected chi connectivity index (χ2v) is 6.14. The Kier molecular flexibility index (Phi) is 5.53. The molecule has 0 saturated heterocycles. The van der Waals surface area contributed by atoms with Crippen molar-refractivity contribution in [2.45, 2.75) is 6.54 Å². The molecule has 2 aromatic carbocycles. The Morgan fingerprint density at radius 1 is 1.04 bits per heavy atom. The van der Waals surface area contributed by atoms with Crippen molar-refractivity contribution < 1.29 is 4.79 Å². The van der Waals surface area contributed by atoms with Crippen LogP contribution in [-0.2, 0) is 6.54 Å². The van der Waals surface area contributed by atoms with Crippen LogP contribution in [0.5, 0.6) is 0 Å². The number of carbonyl (C=O) groups is 1. The van der Waals surface area contributed by atoms with E-state index < -0.39 is 0 Å². The van der Waals surface area contributed by atoms with Gasteiger partial charge in [-0.1, -0.05) is 12.1 Å². The van der Waals surface area contributed by atoms with Gasteiger partial charge in [0.25, 0.3) is 5.91 Å². The van der Waals surface area contributed by atoms with Crippen molar-refractivity contribution in [3.8, 4) is 0 Å². The molecule has 3 aromatic rings. The molecule has 6 nitrogen and oxygen atoms in total. The molecule has 0 aliphatic rings. The molecular formula is C20H23N5O. The lowest BCUT2D eigenvalue weighted by atomic mass is 10.1. The topological polar surface area (TPSA) is 62.2 Å². The number of nitrogens with one attached hydrogen (secondary N) is 2. The molecule has 0 fully saturated rings. The summed E-state index contributed by atoms with van der Waals surface area (Å²) >= 11 is 0. The molecule has 0 bridgehead atoms. The molecule has 0 radical (unpaired) electrons. The van der Waals surface area contributed by atoms with Gasteiger partial charge in [-0.2, -0.15) is 5.10 Å². The highest BCUT2D eigenvalue weighted by molar-refractivity contribution is 6.08. The van der Waals surface area contributed by atoms with Gasteiger partial charge in [-0.05, 0) is 42.5 Å². The largest absolute Gasteiger partial charge is 0.383 e. The maximum atomic E-state index is 12.6. The van der Waals surface area contributed by atoms with Crippen molar-refractivity contribution in [1.29, 1.82) is 0 Å². The number of para-hydroxylation sites is 1. The first-order valence-electron chi connectivity index (χ1n) is 8.52. The van der Waals surface area contributed by atoms with Gasteiger partial charge in [0.1, 0.15) is 0 Å². The van der Waals surface area contributed by atoms with Crippen molar-refractivity contribution in [3.63, 3.8) is 0 Å². The lowest BCUT2D eigenvalue weighted by molar-refractivity contribution is 0.102. The molecule has 3 rings (SSSR count). The minimum atomic E-state index is -0.117. The number of anilines is 3. The predicted octanol–water partition coefficient (Wildman–Crippen LogP) is 3.31. The van der Waals surface area contributed by atoms with Crippen LogP contribution in [-0.4, -0.2) is 36.3 Å². The Morgan fingerprint density at radius 2 is 1.77 bits per heavy atom. The van der Waals surface area contributed by atoms with E-state index in [4.69, 9.17) is 0 Å². The SMILES string of the molecule is CN(C)c1ccccc1C(=O)Nc1ccc(NCCn2cccn2)cc1. The zero-order valence-electron chi connectivity index (χ0n) is 15.0. The number of hydrogen-bond acceptors (Lipinski definition) is 4. The van der Waals surface area contributed by atoms with Crippen molar-refractivity contribution >= 4 is 23.0 Å². The summed E-state index contributed by atoms with van der Waals surface area (Å²) in [6.45, 7) is 1.58. The van der Waals surface area contributed by atoms with Crippen LogP contribution in [0.3, 0.4) is 0 Å². The molecule has 0 aliphatic carbocycles. The van der Waals surface area contributed by atoms with Crippen LogP contribution in [0.1, 0.15) is 10.4 Å². The molecule has 0 unspecified atom stereocenters. The molecule has 0 aliphatic heterocycles. The quantitative estimate of drug-likeness (QED) is 0.687. The fraction of sp³-hybridized carbons (Fsp3) is 0.200. The first kappa shape index (κ1) is 17.5. The Hall–Kier alpha value is -3.28. The number of carbonyl (C=O) groups excluding carboxylic acids is 1. The Labute approximate surface area is 153 Å². The molecule has 1 amide bonds. The van der Waals surface area contributed by atoms with Gasteiger partial charge in [0, 0.05) is 50.1 Å². The van der Waals surface area contributed by atoms with Crippen LogP contribution in [0.2, 0.25) is 0 Å². The van der Waals surface area contributed by atoms with Gasteiger partial charge in [0.05, 0.1) is 12.1 Å². The Morgan fingerprint density at radius 3 is 2.46 bits per heavy atom. The number of hydrogen-bond donors (Lipinski definition) is 2. The number of amides is 1. The highest BCUT2D eigenvalue weighted by atomic mass is 16.1. The summed E-state index contributed by atoms with van der Waals surface area (Å²) in [4.78, 5) is 14.5. The third-order valence-electron chi connectivity index (χ3n) is 4.00. The van der Waals surface area contributed by atoms with Gasteiger partial charge in [-0.3, -0.25) is 9.48 Å². The van der Waals surface area contributed by atoms with Gasteiger partial charge < -0.3 is 15.5 Å². The monoisotopic (exact) mass is 349 g/mol. The zero-order valence-corrected chi connectivity index (χ0v) is 15.0. The smallest absolute Gasteiger partial charge is 0.257 e. The fourth-order valence-electron chi connectivity index (χ4n) is 2.67. The molecule has 0 atom stereocenters. The van der Waals surface area contributed by atoms with E-state index in [0.29, 0.717) is 5.56 Å². The summed E-state index contributed by atoms with van der Waals surface area (Å²) in [5.41, 5.74) is 3.31. The molecule has 1 heterocycles. The summed E-state index contributed by atoms with van der Waals surface area (Å²) in [6, 6.07) is 17.2. The maximum Gasteiger partial charge on any atom is 0.257 e. The van der Waals surface area contributed by atoms with E-state index in [1.165, 1.54) is 0 Å². The molecule has 0 saturated carbocycles. The van der Waals surface area contributed by atoms with Crippen LogP contribution in [0.4, 0.5) is 17.1 Å². The van der Waals surface area contributed by atoms with Crippen molar-refractivity contribution in [2.24, 2.45) is 0 Å². The molecule has 6 heteroatoms. The molecule has 0 spiro atoms. The molecule has 26 heavy (non-hydrogen) atoms. The average Bonchev–Trinajstić information content (AvgIpc) is 3.16. The number of benzene rings is 2. The number of aromatic nitrogens is 2. The van der Waals surface area contributed by atoms with Gasteiger partial charge in [0.2, 0.25) is 0 Å². The summed E-state index contributed by atoms with van der Waals surface area (Å²) in [5.74, 6) is -0.117. The Balaban J connectivity index is 1.58. The summed E-state index contributed by atoms with van der Waals surface area (Å²) in [6.07, 6.45) is 3.71. The lowest BCUT2D eigenvalue weighted by Gasteiger charge is -2.17. The highest BCUT2D eigenvalue weighted by Gasteiger charge is 2.12. The van der Waals surface area contributed by atoms with Gasteiger partial charge in [-0.15, -0.1) is 0 Å². The first-order valence-corrected chi connectivity index (χ1v) is 8.52. The average molecular weight is 349 g/mol. The predicted molar refractivity (Wildman–Crippen MR) is 106 cm³/mol. The minimum Gasteiger partial charge on any atom is -0.383 e. The molecule has 2 N–H and O–H groups in total. The third kappa shape index (κ3) is 4.42. The van der Waals surface area contributed by atoms with E-state index in [-0.39, 0.29) is 5.91 Å². The van der Waals surface area contributed by atoms with Gasteiger partial charge >= 0.3 is 0 Å². The molecular weight excluding hydrogens is 326 g/mol. The van der Waals surface area contributed by atoms with Gasteiger partial charge in [0.15, 0.2) is 0 Å². The van der Waals surface area contributed by atoms with Crippen LogP contribution >= 0.6 is 0 Å². The zero-order chi connectivity index (χ0) is 18.4. The van der Waals surface area contributed by atoms with E-state index in [2.05, 4.69) is 15.7 Å². The van der Waals surface area contributed by atoms with E-state index >= 15 is 0 Å². The number of nitrogens with zero attached hydrogens (tertiary/aromatic N) is 3. The summed E-state index contributed by atoms with van der Waals surface area (Å²) < 4.78 is 1.88. The van der Waals surface area contributed by atoms with Crippen LogP contribution in [0.15, 0.2) is 67.0 Å². The number of rotatable bonds is 7. The maximum absolute atomic E-state index is 12.6. The van der Waals surface area contributed by atoms with Crippen molar-refractivity contribution in [3.05, 3.63) is 72.6 Å². The van der Waals surface area contributed by atoms with Crippen LogP contribution < -0.4 is 15.5 Å². The standard InChI is InChI=1S/C20H23N5O/c1-24(2)19-7-4-3-6-18(19)20(26)23-17-10-8-16(9-11-17)21-13-15-25-14-5-12-22-25/h3-12,14,21H,13,15H2,1-2H3,(H,23,26). The van der Waals surface area contributed by atoms with Crippen molar-refractivity contribution in [2.75, 3.05) is 36.2 Å². The second-order valence-electron chi connectivity index (χ2n) is 6.14. The summed E-state index contributed by atoms with van der Waals surface area (Å²) in [5, 5.41) is 10.5. The third-order valence-corrected chi connectivity index (χ3v) is 4.00. The fourth-order valence-corrected chi connectivity index (χ4v) is 2.67. The van der Waals surface area contributed by atoms with Gasteiger partial charge in [-0.25, -0.2) is 0 Å².